The second-order valence-corrected chi connectivity index (χ2v) is 6.28. The number of amides is 1. The number of hydrogen-bond acceptors (Lipinski definition) is 3. The Morgan fingerprint density at radius 3 is 2.76 bits per heavy atom. The molecule has 1 aromatic rings. The lowest BCUT2D eigenvalue weighted by Gasteiger charge is -2.12. The van der Waals surface area contributed by atoms with Crippen LogP contribution >= 0.6 is 11.8 Å². The highest BCUT2D eigenvalue weighted by molar-refractivity contribution is 7.99. The third-order valence-corrected chi connectivity index (χ3v) is 4.62. The van der Waals surface area contributed by atoms with Gasteiger partial charge >= 0.3 is 5.97 Å². The monoisotopic (exact) mass is 311 g/mol. The summed E-state index contributed by atoms with van der Waals surface area (Å²) in [7, 11) is 0. The highest BCUT2D eigenvalue weighted by Crippen LogP contribution is 2.26. The van der Waals surface area contributed by atoms with Crippen molar-refractivity contribution in [2.45, 2.75) is 36.6 Å². The maximum Gasteiger partial charge on any atom is 0.306 e. The molecule has 0 heterocycles. The van der Waals surface area contributed by atoms with Crippen molar-refractivity contribution in [1.82, 2.24) is 5.32 Å². The molecule has 2 atom stereocenters. The zero-order valence-electron chi connectivity index (χ0n) is 11.5. The van der Waals surface area contributed by atoms with Gasteiger partial charge in [-0.2, -0.15) is 0 Å². The zero-order chi connectivity index (χ0) is 15.2. The van der Waals surface area contributed by atoms with Crippen molar-refractivity contribution in [3.63, 3.8) is 0 Å². The molecule has 1 saturated carbocycles. The fourth-order valence-corrected chi connectivity index (χ4v) is 3.34. The first kappa shape index (κ1) is 15.8. The van der Waals surface area contributed by atoms with Crippen LogP contribution in [0, 0.1) is 11.7 Å². The molecular weight excluding hydrogens is 293 g/mol. The van der Waals surface area contributed by atoms with Crippen molar-refractivity contribution in [3.8, 4) is 0 Å². The summed E-state index contributed by atoms with van der Waals surface area (Å²) in [6.07, 6.45) is 2.13. The summed E-state index contributed by atoms with van der Waals surface area (Å²) in [5.74, 6) is -1.01. The lowest BCUT2D eigenvalue weighted by molar-refractivity contribution is -0.141. The van der Waals surface area contributed by atoms with E-state index in [4.69, 9.17) is 5.11 Å². The molecule has 0 unspecified atom stereocenters. The molecule has 0 bridgehead atoms. The van der Waals surface area contributed by atoms with Gasteiger partial charge in [-0.1, -0.05) is 12.1 Å². The molecule has 2 N–H and O–H groups in total. The Morgan fingerprint density at radius 1 is 1.33 bits per heavy atom. The summed E-state index contributed by atoms with van der Waals surface area (Å²) in [5, 5.41) is 11.8. The average molecular weight is 311 g/mol. The maximum absolute atomic E-state index is 13.4. The topological polar surface area (TPSA) is 66.4 Å². The van der Waals surface area contributed by atoms with Gasteiger partial charge in [-0.25, -0.2) is 4.39 Å². The SMILES string of the molecule is O=C(CCSc1ccccc1F)N[C@@H]1CC[C@H](C(=O)O)C1. The van der Waals surface area contributed by atoms with Crippen LogP contribution in [-0.2, 0) is 9.59 Å². The van der Waals surface area contributed by atoms with Gasteiger partial charge in [0.1, 0.15) is 5.82 Å². The van der Waals surface area contributed by atoms with Crippen LogP contribution in [0.4, 0.5) is 4.39 Å². The molecule has 4 nitrogen and oxygen atoms in total. The predicted molar refractivity (Wildman–Crippen MR) is 78.6 cm³/mol. The highest BCUT2D eigenvalue weighted by Gasteiger charge is 2.30. The second-order valence-electron chi connectivity index (χ2n) is 5.14. The number of carboxylic acid groups (broad SMARTS) is 1. The van der Waals surface area contributed by atoms with Gasteiger partial charge in [0.25, 0.3) is 0 Å². The Hall–Kier alpha value is -1.56. The Bertz CT molecular complexity index is 523. The lowest BCUT2D eigenvalue weighted by atomic mass is 10.1. The largest absolute Gasteiger partial charge is 0.481 e. The number of halogens is 1. The van der Waals surface area contributed by atoms with Crippen LogP contribution in [0.5, 0.6) is 0 Å². The molecule has 0 aliphatic heterocycles. The molecule has 1 fully saturated rings. The van der Waals surface area contributed by atoms with Gasteiger partial charge < -0.3 is 10.4 Å². The number of benzene rings is 1. The number of carbonyl (C=O) groups excluding carboxylic acids is 1. The molecule has 21 heavy (non-hydrogen) atoms. The van der Waals surface area contributed by atoms with Crippen LogP contribution in [-0.4, -0.2) is 28.8 Å². The average Bonchev–Trinajstić information content (AvgIpc) is 2.89. The summed E-state index contributed by atoms with van der Waals surface area (Å²) in [6.45, 7) is 0. The van der Waals surface area contributed by atoms with Crippen molar-refractivity contribution in [2.24, 2.45) is 5.92 Å². The number of carboxylic acids is 1. The van der Waals surface area contributed by atoms with E-state index in [9.17, 15) is 14.0 Å². The summed E-state index contributed by atoms with van der Waals surface area (Å²) in [4.78, 5) is 23.2. The zero-order valence-corrected chi connectivity index (χ0v) is 12.4. The van der Waals surface area contributed by atoms with Crippen LogP contribution in [0.1, 0.15) is 25.7 Å². The predicted octanol–water partition coefficient (Wildman–Crippen LogP) is 2.68. The van der Waals surface area contributed by atoms with Crippen molar-refractivity contribution in [1.29, 1.82) is 0 Å². The maximum atomic E-state index is 13.4. The van der Waals surface area contributed by atoms with Crippen LogP contribution in [0.15, 0.2) is 29.2 Å². The minimum Gasteiger partial charge on any atom is -0.481 e. The molecule has 6 heteroatoms. The first-order valence-electron chi connectivity index (χ1n) is 6.95. The van der Waals surface area contributed by atoms with Gasteiger partial charge in [-0.15, -0.1) is 11.8 Å². The summed E-state index contributed by atoms with van der Waals surface area (Å²) >= 11 is 1.31. The Kier molecular flexibility index (Phi) is 5.61. The van der Waals surface area contributed by atoms with Crippen molar-refractivity contribution in [2.75, 3.05) is 5.75 Å². The van der Waals surface area contributed by atoms with Gasteiger partial charge in [-0.3, -0.25) is 9.59 Å². The highest BCUT2D eigenvalue weighted by atomic mass is 32.2. The number of carbonyl (C=O) groups is 2. The van der Waals surface area contributed by atoms with E-state index in [-0.39, 0.29) is 23.7 Å². The normalized spacial score (nSPS) is 21.2. The Morgan fingerprint density at radius 2 is 2.10 bits per heavy atom. The second kappa shape index (κ2) is 7.45. The molecule has 0 spiro atoms. The Labute approximate surface area is 127 Å². The molecule has 1 aromatic carbocycles. The third kappa shape index (κ3) is 4.74. The quantitative estimate of drug-likeness (QED) is 0.793. The van der Waals surface area contributed by atoms with E-state index < -0.39 is 5.97 Å². The van der Waals surface area contributed by atoms with E-state index in [0.717, 1.165) is 0 Å². The van der Waals surface area contributed by atoms with Crippen molar-refractivity contribution in [3.05, 3.63) is 30.1 Å². The molecule has 2 rings (SSSR count). The minimum absolute atomic E-state index is 0.0444. The molecule has 1 aliphatic carbocycles. The van der Waals surface area contributed by atoms with Gasteiger partial charge in [0.05, 0.1) is 5.92 Å². The van der Waals surface area contributed by atoms with E-state index >= 15 is 0 Å². The van der Waals surface area contributed by atoms with Gasteiger partial charge in [0.15, 0.2) is 0 Å². The lowest BCUT2D eigenvalue weighted by Crippen LogP contribution is -2.33. The number of thioether (sulfide) groups is 1. The van der Waals surface area contributed by atoms with Gasteiger partial charge in [0.2, 0.25) is 5.91 Å². The summed E-state index contributed by atoms with van der Waals surface area (Å²) in [5.41, 5.74) is 0. The van der Waals surface area contributed by atoms with Crippen LogP contribution < -0.4 is 5.32 Å². The third-order valence-electron chi connectivity index (χ3n) is 3.57. The number of aliphatic carboxylic acids is 1. The first-order chi connectivity index (χ1) is 10.1. The molecule has 114 valence electrons. The van der Waals surface area contributed by atoms with E-state index in [1.807, 2.05) is 0 Å². The molecule has 1 amide bonds. The number of rotatable bonds is 6. The van der Waals surface area contributed by atoms with Crippen LogP contribution in [0.3, 0.4) is 0 Å². The van der Waals surface area contributed by atoms with E-state index in [1.54, 1.807) is 18.2 Å². The van der Waals surface area contributed by atoms with E-state index in [0.29, 0.717) is 36.3 Å². The van der Waals surface area contributed by atoms with Crippen LogP contribution in [0.25, 0.3) is 0 Å². The smallest absolute Gasteiger partial charge is 0.306 e. The van der Waals surface area contributed by atoms with Crippen LogP contribution in [0.2, 0.25) is 0 Å². The molecule has 1 aliphatic rings. The molecule has 0 radical (unpaired) electrons. The Balaban J connectivity index is 1.69. The molecule has 0 aromatic heterocycles. The van der Waals surface area contributed by atoms with E-state index in [1.165, 1.54) is 17.8 Å². The first-order valence-corrected chi connectivity index (χ1v) is 7.94. The minimum atomic E-state index is -0.790. The van der Waals surface area contributed by atoms with Crippen molar-refractivity contribution >= 4 is 23.6 Å². The number of hydrogen-bond donors (Lipinski definition) is 2. The number of nitrogens with one attached hydrogen (secondary N) is 1. The molecular formula is C15H18FNO3S. The standard InChI is InChI=1S/C15H18FNO3S/c16-12-3-1-2-4-13(12)21-8-7-14(18)17-11-6-5-10(9-11)15(19)20/h1-4,10-11H,5-9H2,(H,17,18)(H,19,20)/t10-,11+/m0/s1. The van der Waals surface area contributed by atoms with Gasteiger partial charge in [0, 0.05) is 23.1 Å². The fourth-order valence-electron chi connectivity index (χ4n) is 2.45. The summed E-state index contributed by atoms with van der Waals surface area (Å²) < 4.78 is 13.4. The van der Waals surface area contributed by atoms with Gasteiger partial charge in [-0.05, 0) is 31.4 Å². The fraction of sp³-hybridized carbons (Fsp3) is 0.467. The molecule has 0 saturated heterocycles. The van der Waals surface area contributed by atoms with E-state index in [2.05, 4.69) is 5.32 Å². The summed E-state index contributed by atoms with van der Waals surface area (Å²) in [6, 6.07) is 6.43. The van der Waals surface area contributed by atoms with Crippen molar-refractivity contribution < 1.29 is 19.1 Å².